The van der Waals surface area contributed by atoms with Crippen molar-refractivity contribution in [3.05, 3.63) is 60.2 Å². The second kappa shape index (κ2) is 16.6. The first-order chi connectivity index (χ1) is 22.5. The van der Waals surface area contributed by atoms with Crippen LogP contribution >= 0.6 is 0 Å². The topological polar surface area (TPSA) is 84.5 Å². The number of nitrogens with zero attached hydrogens (tertiary/aromatic N) is 5. The molecule has 2 aromatic carbocycles. The standard InChI is InChI=1S/C36H57N5O4S2/c1-31-28-40(46(42,43)36-18-16-35(17-19-36)37(2)3)24-10-22-38(30-32-12-6-4-7-13-32)23-11-25-41(29-31)47(44,45)39-26-20-34(21-27-39)33-14-8-5-9-15-33/h5,8-9,14-19,31-32,34H,4,6-7,10-13,20-30H2,1-3H3/t31-/m0/s1. The molecule has 2 aromatic rings. The van der Waals surface area contributed by atoms with E-state index in [1.807, 2.05) is 44.1 Å². The third kappa shape index (κ3) is 9.57. The molecule has 0 aromatic heterocycles. The molecule has 2 heterocycles. The molecule has 0 radical (unpaired) electrons. The number of hydrogen-bond acceptors (Lipinski definition) is 6. The van der Waals surface area contributed by atoms with Crippen LogP contribution in [0.25, 0.3) is 0 Å². The Morgan fingerprint density at radius 3 is 1.87 bits per heavy atom. The first-order valence-electron chi connectivity index (χ1n) is 17.8. The summed E-state index contributed by atoms with van der Waals surface area (Å²) >= 11 is 0. The molecule has 9 nitrogen and oxygen atoms in total. The van der Waals surface area contributed by atoms with Gasteiger partial charge in [0.15, 0.2) is 0 Å². The fourth-order valence-electron chi connectivity index (χ4n) is 7.71. The lowest BCUT2D eigenvalue weighted by Gasteiger charge is -2.37. The van der Waals surface area contributed by atoms with E-state index in [1.165, 1.54) is 37.7 Å². The highest BCUT2D eigenvalue weighted by Crippen LogP contribution is 2.31. The summed E-state index contributed by atoms with van der Waals surface area (Å²) in [6, 6.07) is 17.5. The van der Waals surface area contributed by atoms with Crippen LogP contribution in [0.2, 0.25) is 0 Å². The summed E-state index contributed by atoms with van der Waals surface area (Å²) < 4.78 is 61.5. The normalized spacial score (nSPS) is 23.6. The van der Waals surface area contributed by atoms with Crippen LogP contribution in [-0.2, 0) is 20.2 Å². The van der Waals surface area contributed by atoms with Crippen molar-refractivity contribution in [3.63, 3.8) is 0 Å². The third-order valence-corrected chi connectivity index (χ3v) is 14.3. The molecular weight excluding hydrogens is 631 g/mol. The van der Waals surface area contributed by atoms with Gasteiger partial charge in [0.1, 0.15) is 0 Å². The Morgan fingerprint density at radius 1 is 0.660 bits per heavy atom. The summed E-state index contributed by atoms with van der Waals surface area (Å²) in [4.78, 5) is 4.72. The van der Waals surface area contributed by atoms with Crippen LogP contribution < -0.4 is 4.90 Å². The van der Waals surface area contributed by atoms with Crippen molar-refractivity contribution < 1.29 is 16.8 Å². The Labute approximate surface area is 285 Å². The zero-order chi connectivity index (χ0) is 33.4. The Morgan fingerprint density at radius 2 is 1.26 bits per heavy atom. The Hall–Kier alpha value is -2.02. The van der Waals surface area contributed by atoms with Gasteiger partial charge in [-0.3, -0.25) is 0 Å². The van der Waals surface area contributed by atoms with Gasteiger partial charge in [-0.2, -0.15) is 21.3 Å². The third-order valence-electron chi connectivity index (χ3n) is 10.4. The summed E-state index contributed by atoms with van der Waals surface area (Å²) in [5, 5.41) is 0. The van der Waals surface area contributed by atoms with E-state index in [4.69, 9.17) is 0 Å². The van der Waals surface area contributed by atoms with Crippen molar-refractivity contribution in [1.29, 1.82) is 0 Å². The molecule has 2 saturated heterocycles. The number of benzene rings is 2. The zero-order valence-electron chi connectivity index (χ0n) is 28.8. The molecule has 11 heteroatoms. The molecule has 0 bridgehead atoms. The predicted molar refractivity (Wildman–Crippen MR) is 191 cm³/mol. The maximum Gasteiger partial charge on any atom is 0.281 e. The van der Waals surface area contributed by atoms with Gasteiger partial charge in [0, 0.05) is 65.6 Å². The highest BCUT2D eigenvalue weighted by atomic mass is 32.2. The van der Waals surface area contributed by atoms with Crippen LogP contribution in [-0.4, -0.2) is 108 Å². The molecule has 47 heavy (non-hydrogen) atoms. The quantitative estimate of drug-likeness (QED) is 0.366. The van der Waals surface area contributed by atoms with E-state index in [0.717, 1.165) is 51.0 Å². The van der Waals surface area contributed by atoms with E-state index in [0.29, 0.717) is 44.6 Å². The fraction of sp³-hybridized carbons (Fsp3) is 0.667. The summed E-state index contributed by atoms with van der Waals surface area (Å²) in [6.45, 7) is 7.10. The van der Waals surface area contributed by atoms with Gasteiger partial charge in [0.05, 0.1) is 4.90 Å². The molecule has 0 N–H and O–H groups in total. The van der Waals surface area contributed by atoms with Crippen LogP contribution in [0.4, 0.5) is 5.69 Å². The second-order valence-corrected chi connectivity index (χ2v) is 18.2. The number of hydrogen-bond donors (Lipinski definition) is 0. The van der Waals surface area contributed by atoms with Crippen molar-refractivity contribution in [2.45, 2.75) is 75.5 Å². The molecule has 3 aliphatic rings. The Bertz CT molecular complexity index is 1460. The van der Waals surface area contributed by atoms with Crippen molar-refractivity contribution in [2.75, 3.05) is 77.9 Å². The first-order valence-corrected chi connectivity index (χ1v) is 20.7. The van der Waals surface area contributed by atoms with Gasteiger partial charge >= 0.3 is 0 Å². The Balaban J connectivity index is 1.34. The molecule has 262 valence electrons. The number of anilines is 1. The zero-order valence-corrected chi connectivity index (χ0v) is 30.5. The molecule has 2 aliphatic heterocycles. The van der Waals surface area contributed by atoms with Gasteiger partial charge in [0.25, 0.3) is 10.2 Å². The maximum absolute atomic E-state index is 14.2. The van der Waals surface area contributed by atoms with Crippen LogP contribution in [0.3, 0.4) is 0 Å². The van der Waals surface area contributed by atoms with E-state index in [9.17, 15) is 16.8 Å². The van der Waals surface area contributed by atoms with Crippen LogP contribution in [0.1, 0.15) is 76.2 Å². The van der Waals surface area contributed by atoms with Crippen LogP contribution in [0.15, 0.2) is 59.5 Å². The average Bonchev–Trinajstić information content (AvgIpc) is 3.07. The van der Waals surface area contributed by atoms with Gasteiger partial charge in [-0.05, 0) is 99.2 Å². The Kier molecular flexibility index (Phi) is 12.8. The molecule has 0 amide bonds. The highest BCUT2D eigenvalue weighted by molar-refractivity contribution is 7.89. The van der Waals surface area contributed by atoms with Crippen molar-refractivity contribution in [3.8, 4) is 0 Å². The molecule has 1 saturated carbocycles. The monoisotopic (exact) mass is 687 g/mol. The van der Waals surface area contributed by atoms with Crippen molar-refractivity contribution in [2.24, 2.45) is 11.8 Å². The number of piperidine rings is 1. The van der Waals surface area contributed by atoms with Crippen molar-refractivity contribution in [1.82, 2.24) is 17.8 Å². The van der Waals surface area contributed by atoms with E-state index in [2.05, 4.69) is 29.2 Å². The lowest BCUT2D eigenvalue weighted by atomic mass is 9.89. The molecule has 1 atom stereocenters. The molecule has 0 unspecified atom stereocenters. The minimum absolute atomic E-state index is 0.166. The van der Waals surface area contributed by atoms with Gasteiger partial charge < -0.3 is 9.80 Å². The lowest BCUT2D eigenvalue weighted by Crippen LogP contribution is -2.50. The SMILES string of the molecule is C[C@H]1CN(S(=O)(=O)c2ccc(N(C)C)cc2)CCCN(CC2CCCCC2)CCCN(S(=O)(=O)N2CCC(c3ccccc3)CC2)C1. The van der Waals surface area contributed by atoms with E-state index in [-0.39, 0.29) is 17.4 Å². The smallest absolute Gasteiger partial charge is 0.281 e. The minimum Gasteiger partial charge on any atom is -0.378 e. The van der Waals surface area contributed by atoms with Gasteiger partial charge in [-0.15, -0.1) is 0 Å². The molecule has 3 fully saturated rings. The molecule has 1 aliphatic carbocycles. The summed E-state index contributed by atoms with van der Waals surface area (Å²) in [7, 11) is -3.59. The maximum atomic E-state index is 14.2. The van der Waals surface area contributed by atoms with Crippen LogP contribution in [0, 0.1) is 11.8 Å². The van der Waals surface area contributed by atoms with Gasteiger partial charge in [0.2, 0.25) is 10.0 Å². The first kappa shape index (κ1) is 36.3. The average molecular weight is 688 g/mol. The van der Waals surface area contributed by atoms with E-state index in [1.54, 1.807) is 25.0 Å². The fourth-order valence-corrected chi connectivity index (χ4v) is 11.1. The molecule has 5 rings (SSSR count). The van der Waals surface area contributed by atoms with Gasteiger partial charge in [-0.25, -0.2) is 8.42 Å². The minimum atomic E-state index is -3.76. The lowest BCUT2D eigenvalue weighted by molar-refractivity contribution is 0.178. The predicted octanol–water partition coefficient (Wildman–Crippen LogP) is 5.48. The van der Waals surface area contributed by atoms with E-state index >= 15 is 0 Å². The van der Waals surface area contributed by atoms with Crippen LogP contribution in [0.5, 0.6) is 0 Å². The summed E-state index contributed by atoms with van der Waals surface area (Å²) in [6.07, 6.45) is 9.51. The number of sulfonamides is 1. The summed E-state index contributed by atoms with van der Waals surface area (Å²) in [5.41, 5.74) is 2.22. The second-order valence-electron chi connectivity index (χ2n) is 14.3. The van der Waals surface area contributed by atoms with Gasteiger partial charge in [-0.1, -0.05) is 56.5 Å². The molecule has 0 spiro atoms. The van der Waals surface area contributed by atoms with E-state index < -0.39 is 20.2 Å². The molecular formula is C36H57N5O4S2. The summed E-state index contributed by atoms with van der Waals surface area (Å²) in [5.74, 6) is 0.865. The largest absolute Gasteiger partial charge is 0.378 e. The number of rotatable bonds is 8. The highest BCUT2D eigenvalue weighted by Gasteiger charge is 2.35. The van der Waals surface area contributed by atoms with Crippen molar-refractivity contribution >= 4 is 25.9 Å².